The highest BCUT2D eigenvalue weighted by molar-refractivity contribution is 9.10. The number of hydrogen-bond donors (Lipinski definition) is 1. The fourth-order valence-electron chi connectivity index (χ4n) is 2.52. The van der Waals surface area contributed by atoms with E-state index in [1.807, 2.05) is 36.2 Å². The fourth-order valence-corrected chi connectivity index (χ4v) is 3.02. The van der Waals surface area contributed by atoms with E-state index in [9.17, 15) is 4.79 Å². The van der Waals surface area contributed by atoms with Crippen molar-refractivity contribution in [2.24, 2.45) is 5.73 Å². The summed E-state index contributed by atoms with van der Waals surface area (Å²) in [4.78, 5) is 16.7. The summed E-state index contributed by atoms with van der Waals surface area (Å²) in [5.74, 6) is 0.150. The number of rotatable bonds is 3. The number of halogens is 1. The van der Waals surface area contributed by atoms with E-state index in [1.165, 1.54) is 0 Å². The second-order valence-electron chi connectivity index (χ2n) is 4.87. The minimum atomic E-state index is -0.111. The predicted octanol–water partition coefficient (Wildman–Crippen LogP) is 1.83. The van der Waals surface area contributed by atoms with Gasteiger partial charge in [0.1, 0.15) is 0 Å². The molecule has 1 atom stereocenters. The number of anilines is 1. The highest BCUT2D eigenvalue weighted by Crippen LogP contribution is 2.28. The molecule has 19 heavy (non-hydrogen) atoms. The molecule has 1 aliphatic heterocycles. The number of para-hydroxylation sites is 1. The highest BCUT2D eigenvalue weighted by atomic mass is 79.9. The first-order valence-electron chi connectivity index (χ1n) is 6.61. The van der Waals surface area contributed by atoms with Gasteiger partial charge in [0, 0.05) is 17.6 Å². The summed E-state index contributed by atoms with van der Waals surface area (Å²) in [5.41, 5.74) is 6.59. The summed E-state index contributed by atoms with van der Waals surface area (Å²) in [7, 11) is 2.00. The second-order valence-corrected chi connectivity index (χ2v) is 5.72. The first-order valence-corrected chi connectivity index (χ1v) is 7.40. The molecule has 5 heteroatoms. The predicted molar refractivity (Wildman–Crippen MR) is 81.2 cm³/mol. The molecule has 1 heterocycles. The number of hydrogen-bond acceptors (Lipinski definition) is 3. The van der Waals surface area contributed by atoms with Crippen LogP contribution in [0.3, 0.4) is 0 Å². The monoisotopic (exact) mass is 325 g/mol. The highest BCUT2D eigenvalue weighted by Gasteiger charge is 2.31. The summed E-state index contributed by atoms with van der Waals surface area (Å²) < 4.78 is 0.958. The van der Waals surface area contributed by atoms with Crippen molar-refractivity contribution in [3.63, 3.8) is 0 Å². The summed E-state index contributed by atoms with van der Waals surface area (Å²) in [6.07, 6.45) is 1.68. The van der Waals surface area contributed by atoms with E-state index < -0.39 is 0 Å². The lowest BCUT2D eigenvalue weighted by Gasteiger charge is -2.28. The van der Waals surface area contributed by atoms with Gasteiger partial charge in [-0.05, 0) is 54.5 Å². The Morgan fingerprint density at radius 3 is 2.79 bits per heavy atom. The first-order chi connectivity index (χ1) is 9.15. The van der Waals surface area contributed by atoms with Gasteiger partial charge in [0.25, 0.3) is 0 Å². The first kappa shape index (κ1) is 14.5. The SMILES string of the molecule is CN1CCCN(c2ccccc2Br)C(=O)C1CCN. The molecule has 0 saturated carbocycles. The Balaban J connectivity index is 2.30. The van der Waals surface area contributed by atoms with E-state index in [4.69, 9.17) is 5.73 Å². The molecule has 2 rings (SSSR count). The minimum absolute atomic E-state index is 0.111. The average Bonchev–Trinajstić information content (AvgIpc) is 2.53. The van der Waals surface area contributed by atoms with Gasteiger partial charge in [-0.1, -0.05) is 12.1 Å². The van der Waals surface area contributed by atoms with Gasteiger partial charge >= 0.3 is 0 Å². The molecular formula is C14H20BrN3O. The molecule has 1 unspecified atom stereocenters. The van der Waals surface area contributed by atoms with Crippen LogP contribution in [-0.2, 0) is 4.79 Å². The van der Waals surface area contributed by atoms with E-state index in [1.54, 1.807) is 0 Å². The largest absolute Gasteiger partial charge is 0.330 e. The summed E-state index contributed by atoms with van der Waals surface area (Å²) in [6, 6.07) is 7.75. The maximum Gasteiger partial charge on any atom is 0.244 e. The molecule has 4 nitrogen and oxygen atoms in total. The molecule has 0 bridgehead atoms. The Kier molecular flexibility index (Phi) is 4.96. The minimum Gasteiger partial charge on any atom is -0.330 e. The Labute approximate surface area is 122 Å². The number of carbonyl (C=O) groups is 1. The lowest BCUT2D eigenvalue weighted by Crippen LogP contribution is -2.45. The van der Waals surface area contributed by atoms with Gasteiger partial charge in [-0.2, -0.15) is 0 Å². The molecule has 104 valence electrons. The van der Waals surface area contributed by atoms with Crippen LogP contribution in [0.25, 0.3) is 0 Å². The van der Waals surface area contributed by atoms with E-state index in [0.29, 0.717) is 13.0 Å². The zero-order valence-electron chi connectivity index (χ0n) is 11.2. The molecular weight excluding hydrogens is 306 g/mol. The zero-order chi connectivity index (χ0) is 13.8. The van der Waals surface area contributed by atoms with Crippen molar-refractivity contribution in [2.75, 3.05) is 31.6 Å². The maximum absolute atomic E-state index is 12.7. The third-order valence-corrected chi connectivity index (χ3v) is 4.23. The molecule has 2 N–H and O–H groups in total. The number of amides is 1. The smallest absolute Gasteiger partial charge is 0.244 e. The molecule has 0 radical (unpaired) electrons. The number of nitrogens with zero attached hydrogens (tertiary/aromatic N) is 2. The number of nitrogens with two attached hydrogens (primary N) is 1. The van der Waals surface area contributed by atoms with Crippen LogP contribution in [0.2, 0.25) is 0 Å². The van der Waals surface area contributed by atoms with Gasteiger partial charge < -0.3 is 10.6 Å². The van der Waals surface area contributed by atoms with Crippen molar-refractivity contribution < 1.29 is 4.79 Å². The molecule has 0 aliphatic carbocycles. The van der Waals surface area contributed by atoms with Crippen molar-refractivity contribution in [3.8, 4) is 0 Å². The molecule has 1 amide bonds. The molecule has 1 saturated heterocycles. The van der Waals surface area contributed by atoms with Crippen LogP contribution in [0.1, 0.15) is 12.8 Å². The van der Waals surface area contributed by atoms with Gasteiger partial charge in [0.05, 0.1) is 11.7 Å². The van der Waals surface area contributed by atoms with Gasteiger partial charge in [-0.3, -0.25) is 9.69 Å². The molecule has 1 fully saturated rings. The number of likely N-dealkylation sites (N-methyl/N-ethyl adjacent to an activating group) is 1. The van der Waals surface area contributed by atoms with E-state index in [0.717, 1.165) is 29.7 Å². The molecule has 1 aliphatic rings. The Hall–Kier alpha value is -0.910. The average molecular weight is 326 g/mol. The van der Waals surface area contributed by atoms with E-state index in [-0.39, 0.29) is 11.9 Å². The standard InChI is InChI=1S/C14H20BrN3O/c1-17-9-4-10-18(14(19)13(17)7-8-16)12-6-3-2-5-11(12)15/h2-3,5-6,13H,4,7-10,16H2,1H3. The summed E-state index contributed by atoms with van der Waals surface area (Å²) >= 11 is 3.53. The van der Waals surface area contributed by atoms with Crippen molar-refractivity contribution in [1.29, 1.82) is 0 Å². The van der Waals surface area contributed by atoms with Gasteiger partial charge in [-0.15, -0.1) is 0 Å². The van der Waals surface area contributed by atoms with Crippen molar-refractivity contribution in [3.05, 3.63) is 28.7 Å². The van der Waals surface area contributed by atoms with Crippen molar-refractivity contribution >= 4 is 27.5 Å². The lowest BCUT2D eigenvalue weighted by molar-refractivity contribution is -0.122. The fraction of sp³-hybridized carbons (Fsp3) is 0.500. The Morgan fingerprint density at radius 1 is 1.37 bits per heavy atom. The quantitative estimate of drug-likeness (QED) is 0.922. The lowest BCUT2D eigenvalue weighted by atomic mass is 10.1. The summed E-state index contributed by atoms with van der Waals surface area (Å²) in [6.45, 7) is 2.22. The summed E-state index contributed by atoms with van der Waals surface area (Å²) in [5, 5.41) is 0. The van der Waals surface area contributed by atoms with E-state index in [2.05, 4.69) is 20.8 Å². The Bertz CT molecular complexity index is 452. The van der Waals surface area contributed by atoms with Crippen LogP contribution in [0.4, 0.5) is 5.69 Å². The molecule has 1 aromatic rings. The van der Waals surface area contributed by atoms with E-state index >= 15 is 0 Å². The van der Waals surface area contributed by atoms with Gasteiger partial charge in [-0.25, -0.2) is 0 Å². The molecule has 0 aromatic heterocycles. The topological polar surface area (TPSA) is 49.6 Å². The normalized spacial score (nSPS) is 21.5. The second kappa shape index (κ2) is 6.50. The van der Waals surface area contributed by atoms with Crippen molar-refractivity contribution in [1.82, 2.24) is 4.90 Å². The third kappa shape index (κ3) is 3.16. The molecule has 1 aromatic carbocycles. The van der Waals surface area contributed by atoms with Gasteiger partial charge in [0.2, 0.25) is 5.91 Å². The van der Waals surface area contributed by atoms with Gasteiger partial charge in [0.15, 0.2) is 0 Å². The number of benzene rings is 1. The third-order valence-electron chi connectivity index (χ3n) is 3.56. The zero-order valence-corrected chi connectivity index (χ0v) is 12.8. The Morgan fingerprint density at radius 2 is 2.11 bits per heavy atom. The van der Waals surface area contributed by atoms with Crippen LogP contribution >= 0.6 is 15.9 Å². The maximum atomic E-state index is 12.7. The van der Waals surface area contributed by atoms with Crippen molar-refractivity contribution in [2.45, 2.75) is 18.9 Å². The van der Waals surface area contributed by atoms with Crippen LogP contribution in [0.5, 0.6) is 0 Å². The van der Waals surface area contributed by atoms with Crippen LogP contribution in [0.15, 0.2) is 28.7 Å². The van der Waals surface area contributed by atoms with Crippen LogP contribution < -0.4 is 10.6 Å². The molecule has 0 spiro atoms. The number of carbonyl (C=O) groups excluding carboxylic acids is 1. The van der Waals surface area contributed by atoms with Crippen LogP contribution in [0, 0.1) is 0 Å². The van der Waals surface area contributed by atoms with Crippen LogP contribution in [-0.4, -0.2) is 43.5 Å².